The van der Waals surface area contributed by atoms with Gasteiger partial charge in [-0.3, -0.25) is 4.90 Å². The molecule has 1 fully saturated rings. The van der Waals surface area contributed by atoms with Gasteiger partial charge in [0.2, 0.25) is 0 Å². The molecule has 2 unspecified atom stereocenters. The van der Waals surface area contributed by atoms with Crippen molar-refractivity contribution >= 4 is 15.9 Å². The van der Waals surface area contributed by atoms with E-state index in [0.717, 1.165) is 17.6 Å². The average Bonchev–Trinajstić information content (AvgIpc) is 2.59. The van der Waals surface area contributed by atoms with E-state index in [0.29, 0.717) is 18.0 Å². The Morgan fingerprint density at radius 1 is 1.38 bits per heavy atom. The molecule has 1 heterocycles. The lowest BCUT2D eigenvalue weighted by atomic mass is 9.89. The molecule has 0 aliphatic carbocycles. The first kappa shape index (κ1) is 16.9. The van der Waals surface area contributed by atoms with Crippen molar-refractivity contribution in [1.82, 2.24) is 10.2 Å². The maximum Gasteiger partial charge on any atom is 0.124 e. The van der Waals surface area contributed by atoms with Crippen molar-refractivity contribution in [2.24, 2.45) is 5.92 Å². The van der Waals surface area contributed by atoms with Gasteiger partial charge < -0.3 is 5.32 Å². The number of likely N-dealkylation sites (tertiary alicyclic amines) is 1. The average molecular weight is 357 g/mol. The van der Waals surface area contributed by atoms with E-state index in [4.69, 9.17) is 0 Å². The summed E-state index contributed by atoms with van der Waals surface area (Å²) in [6.07, 6.45) is 3.73. The zero-order valence-corrected chi connectivity index (χ0v) is 14.8. The first-order chi connectivity index (χ1) is 9.99. The topological polar surface area (TPSA) is 15.3 Å². The molecule has 21 heavy (non-hydrogen) atoms. The van der Waals surface area contributed by atoms with Gasteiger partial charge in [-0.05, 0) is 50.0 Å². The number of hydrogen-bond acceptors (Lipinski definition) is 2. The first-order valence-corrected chi connectivity index (χ1v) is 8.67. The van der Waals surface area contributed by atoms with Crippen molar-refractivity contribution in [3.63, 3.8) is 0 Å². The van der Waals surface area contributed by atoms with Gasteiger partial charge >= 0.3 is 0 Å². The van der Waals surface area contributed by atoms with Crippen LogP contribution in [0.15, 0.2) is 22.7 Å². The van der Waals surface area contributed by atoms with Crippen LogP contribution in [0.5, 0.6) is 0 Å². The highest BCUT2D eigenvalue weighted by atomic mass is 79.9. The van der Waals surface area contributed by atoms with Crippen LogP contribution in [0.1, 0.15) is 44.7 Å². The molecule has 1 aliphatic heterocycles. The van der Waals surface area contributed by atoms with Crippen LogP contribution in [0.2, 0.25) is 0 Å². The Kier molecular flexibility index (Phi) is 6.20. The number of hydrogen-bond donors (Lipinski definition) is 1. The first-order valence-electron chi connectivity index (χ1n) is 7.87. The molecule has 0 spiro atoms. The molecule has 1 aliphatic rings. The van der Waals surface area contributed by atoms with E-state index in [1.165, 1.54) is 24.8 Å². The van der Waals surface area contributed by atoms with Crippen molar-refractivity contribution in [2.75, 3.05) is 20.1 Å². The van der Waals surface area contributed by atoms with E-state index in [1.54, 1.807) is 12.1 Å². The lowest BCUT2D eigenvalue weighted by Gasteiger charge is -2.34. The van der Waals surface area contributed by atoms with Crippen LogP contribution >= 0.6 is 15.9 Å². The molecule has 1 N–H and O–H groups in total. The maximum absolute atomic E-state index is 13.4. The second kappa shape index (κ2) is 7.70. The van der Waals surface area contributed by atoms with Gasteiger partial charge in [0.1, 0.15) is 5.82 Å². The second-order valence-corrected chi connectivity index (χ2v) is 7.26. The normalized spacial score (nSPS) is 24.3. The van der Waals surface area contributed by atoms with Crippen molar-refractivity contribution in [2.45, 2.75) is 45.2 Å². The fourth-order valence-electron chi connectivity index (χ4n) is 3.26. The monoisotopic (exact) mass is 356 g/mol. The zero-order valence-electron chi connectivity index (χ0n) is 13.2. The molecule has 0 bridgehead atoms. The molecule has 1 aromatic carbocycles. The number of rotatable bonds is 4. The van der Waals surface area contributed by atoms with Crippen molar-refractivity contribution in [3.05, 3.63) is 34.1 Å². The summed E-state index contributed by atoms with van der Waals surface area (Å²) in [7, 11) is 2.19. The van der Waals surface area contributed by atoms with Crippen LogP contribution < -0.4 is 5.32 Å². The van der Waals surface area contributed by atoms with Crippen LogP contribution in [0.25, 0.3) is 0 Å². The lowest BCUT2D eigenvalue weighted by molar-refractivity contribution is 0.186. The highest BCUT2D eigenvalue weighted by Gasteiger charge is 2.30. The highest BCUT2D eigenvalue weighted by molar-refractivity contribution is 9.10. The van der Waals surface area contributed by atoms with Gasteiger partial charge in [-0.25, -0.2) is 4.39 Å². The zero-order chi connectivity index (χ0) is 15.4. The van der Waals surface area contributed by atoms with Crippen LogP contribution in [-0.4, -0.2) is 31.1 Å². The van der Waals surface area contributed by atoms with Gasteiger partial charge in [0.05, 0.1) is 0 Å². The lowest BCUT2D eigenvalue weighted by Crippen LogP contribution is -2.37. The fraction of sp³-hybridized carbons (Fsp3) is 0.647. The minimum atomic E-state index is -0.182. The third-order valence-electron chi connectivity index (χ3n) is 4.33. The summed E-state index contributed by atoms with van der Waals surface area (Å²) in [5, 5.41) is 3.58. The summed E-state index contributed by atoms with van der Waals surface area (Å²) in [5.74, 6) is 0.375. The minimum absolute atomic E-state index is 0.182. The van der Waals surface area contributed by atoms with E-state index in [2.05, 4.69) is 47.0 Å². The van der Waals surface area contributed by atoms with Crippen molar-refractivity contribution < 1.29 is 4.39 Å². The van der Waals surface area contributed by atoms with E-state index in [-0.39, 0.29) is 5.82 Å². The third kappa shape index (κ3) is 4.51. The summed E-state index contributed by atoms with van der Waals surface area (Å²) < 4.78 is 14.3. The molecular formula is C17H26BrFN2. The Morgan fingerprint density at radius 2 is 2.14 bits per heavy atom. The van der Waals surface area contributed by atoms with Crippen LogP contribution in [0.3, 0.4) is 0 Å². The molecule has 0 aromatic heterocycles. The van der Waals surface area contributed by atoms with Crippen LogP contribution in [0.4, 0.5) is 4.39 Å². The second-order valence-electron chi connectivity index (χ2n) is 6.41. The van der Waals surface area contributed by atoms with Crippen molar-refractivity contribution in [3.8, 4) is 0 Å². The molecule has 1 aromatic rings. The Bertz CT molecular complexity index is 464. The molecule has 2 atom stereocenters. The van der Waals surface area contributed by atoms with Gasteiger partial charge in [0, 0.05) is 23.1 Å². The van der Waals surface area contributed by atoms with Gasteiger partial charge in [0.25, 0.3) is 0 Å². The van der Waals surface area contributed by atoms with E-state index < -0.39 is 0 Å². The predicted octanol–water partition coefficient (Wildman–Crippen LogP) is 4.36. The summed E-state index contributed by atoms with van der Waals surface area (Å²) >= 11 is 3.56. The predicted molar refractivity (Wildman–Crippen MR) is 90.0 cm³/mol. The van der Waals surface area contributed by atoms with E-state index in [1.807, 2.05) is 6.07 Å². The molecule has 0 radical (unpaired) electrons. The molecule has 118 valence electrons. The highest BCUT2D eigenvalue weighted by Crippen LogP contribution is 2.37. The molecule has 0 saturated carbocycles. The Labute approximate surface area is 136 Å². The summed E-state index contributed by atoms with van der Waals surface area (Å²) in [6.45, 7) is 6.48. The standard InChI is InChI=1S/C17H26BrFN2/c1-12(2)20-11-13-6-4-5-9-21(3)17(13)15-8-7-14(19)10-16(15)18/h7-8,10,12-13,17,20H,4-6,9,11H2,1-3H3. The molecular weight excluding hydrogens is 331 g/mol. The van der Waals surface area contributed by atoms with Crippen LogP contribution in [-0.2, 0) is 0 Å². The summed E-state index contributed by atoms with van der Waals surface area (Å²) in [4.78, 5) is 2.43. The molecule has 1 saturated heterocycles. The largest absolute Gasteiger partial charge is 0.314 e. The quantitative estimate of drug-likeness (QED) is 0.861. The summed E-state index contributed by atoms with van der Waals surface area (Å²) in [5.41, 5.74) is 1.20. The van der Waals surface area contributed by atoms with Crippen LogP contribution in [0, 0.1) is 11.7 Å². The van der Waals surface area contributed by atoms with Gasteiger partial charge in [-0.2, -0.15) is 0 Å². The smallest absolute Gasteiger partial charge is 0.124 e. The van der Waals surface area contributed by atoms with E-state index >= 15 is 0 Å². The van der Waals surface area contributed by atoms with Gasteiger partial charge in [-0.1, -0.05) is 42.3 Å². The SMILES string of the molecule is CC(C)NCC1CCCCN(C)C1c1ccc(F)cc1Br. The summed E-state index contributed by atoms with van der Waals surface area (Å²) in [6, 6.07) is 5.94. The number of nitrogens with one attached hydrogen (secondary N) is 1. The van der Waals surface area contributed by atoms with Gasteiger partial charge in [-0.15, -0.1) is 0 Å². The number of benzene rings is 1. The minimum Gasteiger partial charge on any atom is -0.314 e. The number of halogens is 2. The Balaban J connectivity index is 2.27. The molecule has 2 rings (SSSR count). The van der Waals surface area contributed by atoms with E-state index in [9.17, 15) is 4.39 Å². The molecule has 0 amide bonds. The Morgan fingerprint density at radius 3 is 2.81 bits per heavy atom. The third-order valence-corrected chi connectivity index (χ3v) is 5.01. The maximum atomic E-state index is 13.4. The number of nitrogens with zero attached hydrogens (tertiary/aromatic N) is 1. The molecule has 4 heteroatoms. The molecule has 2 nitrogen and oxygen atoms in total. The van der Waals surface area contributed by atoms with Crippen molar-refractivity contribution in [1.29, 1.82) is 0 Å². The fourth-order valence-corrected chi connectivity index (χ4v) is 3.84. The van der Waals surface area contributed by atoms with Gasteiger partial charge in [0.15, 0.2) is 0 Å². The Hall–Kier alpha value is -0.450.